The molecule has 0 radical (unpaired) electrons. The number of hydrogen-bond donors (Lipinski definition) is 1. The number of carbonyl (C=O) groups excluding carboxylic acids is 1. The predicted octanol–water partition coefficient (Wildman–Crippen LogP) is 4.97. The number of hydrogen-bond acceptors (Lipinski definition) is 2. The van der Waals surface area contributed by atoms with Crippen LogP contribution >= 0.6 is 0 Å². The normalized spacial score (nSPS) is 23.3. The van der Waals surface area contributed by atoms with Crippen LogP contribution in [0.25, 0.3) is 16.5 Å². The third kappa shape index (κ3) is 2.34. The second-order valence-corrected chi connectivity index (χ2v) is 7.15. The number of nitrogens with zero attached hydrogens (tertiary/aromatic N) is 1. The molecular formula is C19H19F3N2O. The molecule has 1 aromatic carbocycles. The monoisotopic (exact) mass is 348 g/mol. The number of Topliss-reactive ketones (excluding diaryl/α,β-unsaturated/α-hetero) is 1. The summed E-state index contributed by atoms with van der Waals surface area (Å²) in [7, 11) is 0. The van der Waals surface area contributed by atoms with Crippen molar-refractivity contribution in [1.29, 1.82) is 0 Å². The fraction of sp³-hybridized carbons (Fsp3) is 0.474. The van der Waals surface area contributed by atoms with Gasteiger partial charge in [-0.3, -0.25) is 9.89 Å². The molecule has 1 aromatic heterocycles. The average Bonchev–Trinajstić information content (AvgIpc) is 3.14. The Hall–Kier alpha value is -2.11. The van der Waals surface area contributed by atoms with E-state index in [2.05, 4.69) is 10.2 Å². The van der Waals surface area contributed by atoms with Crippen molar-refractivity contribution in [3.05, 3.63) is 35.0 Å². The van der Waals surface area contributed by atoms with Gasteiger partial charge in [-0.25, -0.2) is 0 Å². The van der Waals surface area contributed by atoms with Gasteiger partial charge >= 0.3 is 6.18 Å². The van der Waals surface area contributed by atoms with E-state index in [9.17, 15) is 18.0 Å². The number of aromatic amines is 1. The molecule has 1 atom stereocenters. The Morgan fingerprint density at radius 1 is 1.32 bits per heavy atom. The van der Waals surface area contributed by atoms with E-state index in [1.807, 2.05) is 6.92 Å². The first-order chi connectivity index (χ1) is 11.9. The molecule has 1 N–H and O–H groups in total. The van der Waals surface area contributed by atoms with Gasteiger partial charge in [-0.05, 0) is 42.0 Å². The number of halogens is 3. The molecule has 3 nitrogen and oxygen atoms in total. The van der Waals surface area contributed by atoms with E-state index < -0.39 is 22.9 Å². The summed E-state index contributed by atoms with van der Waals surface area (Å²) >= 11 is 0. The highest BCUT2D eigenvalue weighted by Gasteiger charge is 2.53. The molecule has 132 valence electrons. The highest BCUT2D eigenvalue weighted by molar-refractivity contribution is 6.09. The molecule has 0 saturated heterocycles. The minimum atomic E-state index is -4.61. The van der Waals surface area contributed by atoms with E-state index in [0.717, 1.165) is 29.3 Å². The zero-order chi connectivity index (χ0) is 17.8. The molecule has 4 rings (SSSR count). The summed E-state index contributed by atoms with van der Waals surface area (Å²) in [5.74, 6) is -0.769. The fourth-order valence-corrected chi connectivity index (χ4v) is 4.60. The molecule has 0 aliphatic heterocycles. The topological polar surface area (TPSA) is 45.8 Å². The van der Waals surface area contributed by atoms with Crippen LogP contribution in [0.2, 0.25) is 0 Å². The van der Waals surface area contributed by atoms with Crippen LogP contribution in [0.4, 0.5) is 13.2 Å². The molecule has 0 fully saturated rings. The van der Waals surface area contributed by atoms with Gasteiger partial charge in [0.15, 0.2) is 5.78 Å². The lowest BCUT2D eigenvalue weighted by atomic mass is 9.67. The van der Waals surface area contributed by atoms with Gasteiger partial charge in [0.1, 0.15) is 5.57 Å². The van der Waals surface area contributed by atoms with Crippen molar-refractivity contribution < 1.29 is 18.0 Å². The van der Waals surface area contributed by atoms with Crippen LogP contribution in [0, 0.1) is 5.41 Å². The quantitative estimate of drug-likeness (QED) is 0.851. The maximum absolute atomic E-state index is 13.8. The fourth-order valence-electron chi connectivity index (χ4n) is 4.60. The minimum absolute atomic E-state index is 0.0232. The number of fused-ring (bicyclic) bond motifs is 5. The summed E-state index contributed by atoms with van der Waals surface area (Å²) in [5.41, 5.74) is 1.05. The highest BCUT2D eigenvalue weighted by Crippen LogP contribution is 2.59. The Balaban J connectivity index is 2.02. The number of benzene rings is 1. The first-order valence-corrected chi connectivity index (χ1v) is 8.68. The Morgan fingerprint density at radius 3 is 2.84 bits per heavy atom. The van der Waals surface area contributed by atoms with Crippen molar-refractivity contribution in [2.45, 2.75) is 51.6 Å². The Morgan fingerprint density at radius 2 is 2.12 bits per heavy atom. The summed E-state index contributed by atoms with van der Waals surface area (Å²) in [5, 5.41) is 7.78. The third-order valence-corrected chi connectivity index (χ3v) is 5.70. The summed E-state index contributed by atoms with van der Waals surface area (Å²) < 4.78 is 41.3. The van der Waals surface area contributed by atoms with Crippen LogP contribution in [-0.2, 0) is 11.2 Å². The van der Waals surface area contributed by atoms with E-state index in [1.165, 1.54) is 0 Å². The van der Waals surface area contributed by atoms with Gasteiger partial charge in [0.05, 0.1) is 11.7 Å². The number of carbonyl (C=O) groups is 1. The number of rotatable bonds is 3. The zero-order valence-electron chi connectivity index (χ0n) is 14.0. The molecule has 25 heavy (non-hydrogen) atoms. The van der Waals surface area contributed by atoms with Crippen LogP contribution < -0.4 is 0 Å². The summed E-state index contributed by atoms with van der Waals surface area (Å²) in [6, 6.07) is 3.49. The molecule has 2 aliphatic carbocycles. The number of allylic oxidation sites excluding steroid dienone is 2. The number of aromatic nitrogens is 2. The van der Waals surface area contributed by atoms with E-state index in [4.69, 9.17) is 0 Å². The van der Waals surface area contributed by atoms with Crippen LogP contribution in [-0.4, -0.2) is 22.2 Å². The van der Waals surface area contributed by atoms with Gasteiger partial charge < -0.3 is 0 Å². The molecular weight excluding hydrogens is 329 g/mol. The molecule has 1 heterocycles. The van der Waals surface area contributed by atoms with E-state index >= 15 is 0 Å². The molecule has 0 bridgehead atoms. The van der Waals surface area contributed by atoms with Gasteiger partial charge in [0, 0.05) is 17.2 Å². The first kappa shape index (κ1) is 16.4. The van der Waals surface area contributed by atoms with Gasteiger partial charge in [-0.2, -0.15) is 18.3 Å². The van der Waals surface area contributed by atoms with Gasteiger partial charge in [-0.1, -0.05) is 25.8 Å². The SMILES string of the molecule is CCCC[C@@]12CCC(=O)C(C(F)(F)F)=C1c1ccc3[nH]ncc3c1C2. The largest absolute Gasteiger partial charge is 0.420 e. The number of H-pyrrole nitrogens is 1. The van der Waals surface area contributed by atoms with Crippen LogP contribution in [0.1, 0.15) is 50.2 Å². The zero-order valence-corrected chi connectivity index (χ0v) is 14.0. The van der Waals surface area contributed by atoms with E-state index in [-0.39, 0.29) is 12.0 Å². The van der Waals surface area contributed by atoms with Gasteiger partial charge in [0.25, 0.3) is 0 Å². The van der Waals surface area contributed by atoms with Crippen LogP contribution in [0.3, 0.4) is 0 Å². The van der Waals surface area contributed by atoms with Crippen LogP contribution in [0.5, 0.6) is 0 Å². The summed E-state index contributed by atoms with van der Waals surface area (Å²) in [6.07, 6.45) is 0.541. The standard InChI is InChI=1S/C19H19F3N2O/c1-2-3-7-18-8-6-15(25)17(19(20,21)22)16(18)11-4-5-14-13(10-23-24-14)12(11)9-18/h4-5,10H,2-3,6-9H2,1H3,(H,23,24)/t18-/m0/s1. The number of alkyl halides is 3. The molecule has 0 saturated carbocycles. The summed E-state index contributed by atoms with van der Waals surface area (Å²) in [4.78, 5) is 12.2. The Kier molecular flexibility index (Phi) is 3.56. The molecule has 0 spiro atoms. The molecule has 0 amide bonds. The lowest BCUT2D eigenvalue weighted by Crippen LogP contribution is -2.34. The van der Waals surface area contributed by atoms with Gasteiger partial charge in [-0.15, -0.1) is 0 Å². The lowest BCUT2D eigenvalue weighted by Gasteiger charge is -2.37. The molecule has 0 unspecified atom stereocenters. The number of ketones is 1. The first-order valence-electron chi connectivity index (χ1n) is 8.68. The molecule has 2 aliphatic rings. The predicted molar refractivity (Wildman–Crippen MR) is 89.0 cm³/mol. The van der Waals surface area contributed by atoms with Crippen molar-refractivity contribution in [2.75, 3.05) is 0 Å². The third-order valence-electron chi connectivity index (χ3n) is 5.70. The van der Waals surface area contributed by atoms with Crippen LogP contribution in [0.15, 0.2) is 23.9 Å². The second kappa shape index (κ2) is 5.44. The molecule has 2 aromatic rings. The lowest BCUT2D eigenvalue weighted by molar-refractivity contribution is -0.130. The van der Waals surface area contributed by atoms with Crippen molar-refractivity contribution >= 4 is 22.3 Å². The maximum atomic E-state index is 13.8. The Labute approximate surface area is 143 Å². The van der Waals surface area contributed by atoms with E-state index in [1.54, 1.807) is 18.3 Å². The maximum Gasteiger partial charge on any atom is 0.420 e. The number of nitrogens with one attached hydrogen (secondary N) is 1. The average molecular weight is 348 g/mol. The van der Waals surface area contributed by atoms with Gasteiger partial charge in [0.2, 0.25) is 0 Å². The summed E-state index contributed by atoms with van der Waals surface area (Å²) in [6.45, 7) is 2.04. The smallest absolute Gasteiger partial charge is 0.294 e. The van der Waals surface area contributed by atoms with Crippen molar-refractivity contribution in [3.8, 4) is 0 Å². The molecule has 6 heteroatoms. The van der Waals surface area contributed by atoms with Crippen molar-refractivity contribution in [1.82, 2.24) is 10.2 Å². The van der Waals surface area contributed by atoms with E-state index in [0.29, 0.717) is 24.8 Å². The Bertz CT molecular complexity index is 894. The van der Waals surface area contributed by atoms with Crippen molar-refractivity contribution in [2.24, 2.45) is 5.41 Å². The second-order valence-electron chi connectivity index (χ2n) is 7.15. The van der Waals surface area contributed by atoms with Crippen molar-refractivity contribution in [3.63, 3.8) is 0 Å². The highest BCUT2D eigenvalue weighted by atomic mass is 19.4. The number of unbranched alkanes of at least 4 members (excludes halogenated alkanes) is 1. The minimum Gasteiger partial charge on any atom is -0.294 e.